The van der Waals surface area contributed by atoms with E-state index >= 15 is 0 Å². The summed E-state index contributed by atoms with van der Waals surface area (Å²) in [6.45, 7) is 0. The molecule has 2 N–H and O–H groups in total. The fourth-order valence-corrected chi connectivity index (χ4v) is 1.84. The van der Waals surface area contributed by atoms with Gasteiger partial charge >= 0.3 is 0 Å². The quantitative estimate of drug-likeness (QED) is 0.842. The van der Waals surface area contributed by atoms with Crippen LogP contribution in [0, 0.1) is 0 Å². The number of hydrogen-bond donors (Lipinski definition) is 2. The summed E-state index contributed by atoms with van der Waals surface area (Å²) >= 11 is 0. The highest BCUT2D eigenvalue weighted by Gasteiger charge is 2.10. The average Bonchev–Trinajstić information content (AvgIpc) is 2.29. The molecule has 1 aliphatic carbocycles. The van der Waals surface area contributed by atoms with Crippen molar-refractivity contribution in [2.45, 2.75) is 19.3 Å². The normalized spacial score (nSPS) is 15.4. The molecule has 1 aliphatic rings. The van der Waals surface area contributed by atoms with Crippen LogP contribution < -0.4 is 10.1 Å². The maximum Gasteiger partial charge on any atom is 0.160 e. The van der Waals surface area contributed by atoms with E-state index in [1.54, 1.807) is 24.3 Å². The number of benzene rings is 1. The van der Waals surface area contributed by atoms with Crippen LogP contribution in [0.15, 0.2) is 30.0 Å². The van der Waals surface area contributed by atoms with Crippen LogP contribution in [0.5, 0.6) is 11.5 Å². The van der Waals surface area contributed by atoms with Gasteiger partial charge in [0.05, 0.1) is 7.11 Å². The molecular weight excluding hydrogens is 218 g/mol. The van der Waals surface area contributed by atoms with E-state index < -0.39 is 0 Å². The van der Waals surface area contributed by atoms with Gasteiger partial charge in [0, 0.05) is 29.9 Å². The smallest absolute Gasteiger partial charge is 0.160 e. The van der Waals surface area contributed by atoms with Gasteiger partial charge in [0.25, 0.3) is 0 Å². The van der Waals surface area contributed by atoms with E-state index in [2.05, 4.69) is 5.32 Å². The molecule has 90 valence electrons. The number of nitrogens with one attached hydrogen (secondary N) is 1. The van der Waals surface area contributed by atoms with Gasteiger partial charge < -0.3 is 15.2 Å². The van der Waals surface area contributed by atoms with Gasteiger partial charge in [-0.2, -0.15) is 0 Å². The third-order valence-corrected chi connectivity index (χ3v) is 2.69. The molecule has 17 heavy (non-hydrogen) atoms. The number of methoxy groups -OCH3 is 1. The fraction of sp³-hybridized carbons (Fsp3) is 0.308. The lowest BCUT2D eigenvalue weighted by atomic mass is 10.0. The Morgan fingerprint density at radius 3 is 2.82 bits per heavy atom. The number of ketones is 1. The summed E-state index contributed by atoms with van der Waals surface area (Å²) in [5.74, 6) is 0.668. The first kappa shape index (κ1) is 11.5. The molecule has 0 saturated heterocycles. The third-order valence-electron chi connectivity index (χ3n) is 2.69. The van der Waals surface area contributed by atoms with Crippen molar-refractivity contribution in [3.05, 3.63) is 30.0 Å². The Labute approximate surface area is 99.9 Å². The van der Waals surface area contributed by atoms with Crippen molar-refractivity contribution in [1.82, 2.24) is 0 Å². The first-order valence-corrected chi connectivity index (χ1v) is 5.56. The zero-order valence-electron chi connectivity index (χ0n) is 9.69. The second-order valence-electron chi connectivity index (χ2n) is 4.00. The van der Waals surface area contributed by atoms with Crippen molar-refractivity contribution in [2.75, 3.05) is 12.4 Å². The van der Waals surface area contributed by atoms with E-state index in [-0.39, 0.29) is 11.5 Å². The number of rotatable bonds is 3. The Morgan fingerprint density at radius 2 is 2.18 bits per heavy atom. The molecule has 0 bridgehead atoms. The van der Waals surface area contributed by atoms with E-state index in [1.165, 1.54) is 7.11 Å². The first-order chi connectivity index (χ1) is 8.19. The first-order valence-electron chi connectivity index (χ1n) is 5.56. The number of ether oxygens (including phenoxy) is 1. The SMILES string of the molecule is COc1ccc(NC2=CC(=O)CCC2)cc1O. The predicted octanol–water partition coefficient (Wildman–Crippen LogP) is 2.45. The van der Waals surface area contributed by atoms with Gasteiger partial charge in [-0.15, -0.1) is 0 Å². The minimum absolute atomic E-state index is 0.0836. The molecule has 4 heteroatoms. The maximum absolute atomic E-state index is 11.2. The Hall–Kier alpha value is -1.97. The number of carbonyl (C=O) groups excluding carboxylic acids is 1. The molecule has 4 nitrogen and oxygen atoms in total. The Morgan fingerprint density at radius 1 is 1.35 bits per heavy atom. The molecule has 0 amide bonds. The number of carbonyl (C=O) groups is 1. The number of hydrogen-bond acceptors (Lipinski definition) is 4. The summed E-state index contributed by atoms with van der Waals surface area (Å²) < 4.78 is 4.96. The average molecular weight is 233 g/mol. The summed E-state index contributed by atoms with van der Waals surface area (Å²) in [6.07, 6.45) is 3.99. The van der Waals surface area contributed by atoms with E-state index in [9.17, 15) is 9.90 Å². The molecule has 0 atom stereocenters. The minimum Gasteiger partial charge on any atom is -0.504 e. The topological polar surface area (TPSA) is 58.6 Å². The molecule has 0 aliphatic heterocycles. The van der Waals surface area contributed by atoms with Crippen molar-refractivity contribution in [3.8, 4) is 11.5 Å². The van der Waals surface area contributed by atoms with Gasteiger partial charge in [0.15, 0.2) is 17.3 Å². The van der Waals surface area contributed by atoms with Crippen LogP contribution >= 0.6 is 0 Å². The number of anilines is 1. The highest BCUT2D eigenvalue weighted by Crippen LogP contribution is 2.29. The molecule has 0 saturated carbocycles. The highest BCUT2D eigenvalue weighted by molar-refractivity contribution is 5.91. The molecule has 2 rings (SSSR count). The Bertz CT molecular complexity index is 466. The maximum atomic E-state index is 11.2. The summed E-state index contributed by atoms with van der Waals surface area (Å²) in [7, 11) is 1.50. The fourth-order valence-electron chi connectivity index (χ4n) is 1.84. The number of phenolic OH excluding ortho intramolecular Hbond substituents is 1. The molecule has 0 aromatic heterocycles. The second-order valence-corrected chi connectivity index (χ2v) is 4.00. The van der Waals surface area contributed by atoms with Crippen LogP contribution in [-0.4, -0.2) is 18.0 Å². The third kappa shape index (κ3) is 2.78. The zero-order chi connectivity index (χ0) is 12.3. The Balaban J connectivity index is 2.13. The van der Waals surface area contributed by atoms with Crippen LogP contribution in [0.1, 0.15) is 19.3 Å². The molecular formula is C13H15NO3. The second kappa shape index (κ2) is 4.91. The highest BCUT2D eigenvalue weighted by atomic mass is 16.5. The predicted molar refractivity (Wildman–Crippen MR) is 65.2 cm³/mol. The zero-order valence-corrected chi connectivity index (χ0v) is 9.69. The summed E-state index contributed by atoms with van der Waals surface area (Å²) in [6, 6.07) is 5.07. The Kier molecular flexibility index (Phi) is 3.32. The molecule has 0 unspecified atom stereocenters. The van der Waals surface area contributed by atoms with Gasteiger partial charge in [-0.1, -0.05) is 0 Å². The van der Waals surface area contributed by atoms with E-state index in [0.717, 1.165) is 24.2 Å². The molecule has 1 aromatic rings. The summed E-state index contributed by atoms with van der Waals surface area (Å²) in [5.41, 5.74) is 1.65. The molecule has 1 aromatic carbocycles. The number of phenols is 1. The number of aromatic hydroxyl groups is 1. The monoisotopic (exact) mass is 233 g/mol. The van der Waals surface area contributed by atoms with Gasteiger partial charge in [-0.05, 0) is 25.0 Å². The van der Waals surface area contributed by atoms with Crippen molar-refractivity contribution in [2.24, 2.45) is 0 Å². The number of allylic oxidation sites excluding steroid dienone is 2. The summed E-state index contributed by atoms with van der Waals surface area (Å²) in [5, 5.41) is 12.7. The van der Waals surface area contributed by atoms with Crippen molar-refractivity contribution >= 4 is 11.5 Å². The van der Waals surface area contributed by atoms with Crippen molar-refractivity contribution < 1.29 is 14.6 Å². The van der Waals surface area contributed by atoms with Crippen LogP contribution in [0.3, 0.4) is 0 Å². The van der Waals surface area contributed by atoms with Crippen molar-refractivity contribution in [3.63, 3.8) is 0 Å². The lowest BCUT2D eigenvalue weighted by molar-refractivity contribution is -0.115. The van der Waals surface area contributed by atoms with Gasteiger partial charge in [0.2, 0.25) is 0 Å². The molecule has 0 spiro atoms. The minimum atomic E-state index is 0.0836. The van der Waals surface area contributed by atoms with Gasteiger partial charge in [-0.3, -0.25) is 4.79 Å². The van der Waals surface area contributed by atoms with E-state index in [0.29, 0.717) is 12.2 Å². The van der Waals surface area contributed by atoms with Crippen LogP contribution in [0.25, 0.3) is 0 Å². The van der Waals surface area contributed by atoms with Gasteiger partial charge in [-0.25, -0.2) is 0 Å². The van der Waals surface area contributed by atoms with Crippen LogP contribution in [-0.2, 0) is 4.79 Å². The van der Waals surface area contributed by atoms with Crippen LogP contribution in [0.2, 0.25) is 0 Å². The summed E-state index contributed by atoms with van der Waals surface area (Å²) in [4.78, 5) is 11.2. The molecule has 0 heterocycles. The largest absolute Gasteiger partial charge is 0.504 e. The molecule has 0 radical (unpaired) electrons. The standard InChI is InChI=1S/C13H15NO3/c1-17-13-6-5-10(8-12(13)16)14-9-3-2-4-11(15)7-9/h5-8,14,16H,2-4H2,1H3. The lowest BCUT2D eigenvalue weighted by Crippen LogP contribution is -2.09. The molecule has 0 fully saturated rings. The van der Waals surface area contributed by atoms with Gasteiger partial charge in [0.1, 0.15) is 0 Å². The van der Waals surface area contributed by atoms with E-state index in [4.69, 9.17) is 4.74 Å². The van der Waals surface area contributed by atoms with E-state index in [1.807, 2.05) is 0 Å². The van der Waals surface area contributed by atoms with Crippen LogP contribution in [0.4, 0.5) is 5.69 Å². The lowest BCUT2D eigenvalue weighted by Gasteiger charge is -2.15. The van der Waals surface area contributed by atoms with Crippen molar-refractivity contribution in [1.29, 1.82) is 0 Å².